The van der Waals surface area contributed by atoms with Crippen molar-refractivity contribution in [2.24, 2.45) is 5.92 Å². The van der Waals surface area contributed by atoms with Gasteiger partial charge >= 0.3 is 5.97 Å². The zero-order valence-electron chi connectivity index (χ0n) is 18.4. The minimum absolute atomic E-state index is 0.0728. The standard InChI is InChI=1S/C23H34N2O5S/c1-2-30-23(27)20-13-17-24(18-14-20)22(26)12-9-19-7-10-21(11-8-19)31(28,29)25-15-5-3-4-6-16-25/h7-8,10-11,20H,2-6,9,12-18H2,1H3. The summed E-state index contributed by atoms with van der Waals surface area (Å²) in [4.78, 5) is 26.5. The summed E-state index contributed by atoms with van der Waals surface area (Å²) in [6.45, 7) is 4.52. The lowest BCUT2D eigenvalue weighted by Gasteiger charge is -2.31. The number of benzene rings is 1. The van der Waals surface area contributed by atoms with Crippen molar-refractivity contribution in [2.75, 3.05) is 32.8 Å². The van der Waals surface area contributed by atoms with Crippen molar-refractivity contribution in [3.05, 3.63) is 29.8 Å². The SMILES string of the molecule is CCOC(=O)C1CCN(C(=O)CCc2ccc(S(=O)(=O)N3CCCCCC3)cc2)CC1. The highest BCUT2D eigenvalue weighted by molar-refractivity contribution is 7.89. The first kappa shape index (κ1) is 23.7. The van der Waals surface area contributed by atoms with Crippen molar-refractivity contribution in [3.63, 3.8) is 0 Å². The quantitative estimate of drug-likeness (QED) is 0.597. The number of carbonyl (C=O) groups is 2. The average molecular weight is 451 g/mol. The van der Waals surface area contributed by atoms with E-state index >= 15 is 0 Å². The van der Waals surface area contributed by atoms with Gasteiger partial charge in [-0.1, -0.05) is 25.0 Å². The van der Waals surface area contributed by atoms with E-state index < -0.39 is 10.0 Å². The second-order valence-corrected chi connectivity index (χ2v) is 10.3. The molecule has 0 radical (unpaired) electrons. The molecule has 2 aliphatic heterocycles. The molecule has 2 fully saturated rings. The molecule has 0 unspecified atom stereocenters. The number of carbonyl (C=O) groups excluding carboxylic acids is 2. The highest BCUT2D eigenvalue weighted by Crippen LogP contribution is 2.22. The maximum Gasteiger partial charge on any atom is 0.309 e. The van der Waals surface area contributed by atoms with Gasteiger partial charge in [0.15, 0.2) is 0 Å². The maximum absolute atomic E-state index is 12.9. The van der Waals surface area contributed by atoms with Gasteiger partial charge < -0.3 is 9.64 Å². The molecule has 2 heterocycles. The Morgan fingerprint density at radius 2 is 1.58 bits per heavy atom. The Bertz CT molecular complexity index is 837. The summed E-state index contributed by atoms with van der Waals surface area (Å²) in [6.07, 6.45) is 6.23. The molecule has 1 aromatic rings. The average Bonchev–Trinajstić information content (AvgIpc) is 3.08. The van der Waals surface area contributed by atoms with Crippen molar-refractivity contribution in [1.29, 1.82) is 0 Å². The molecule has 31 heavy (non-hydrogen) atoms. The van der Waals surface area contributed by atoms with Crippen LogP contribution in [0.15, 0.2) is 29.2 Å². The van der Waals surface area contributed by atoms with Crippen molar-refractivity contribution >= 4 is 21.9 Å². The van der Waals surface area contributed by atoms with E-state index in [1.807, 2.05) is 17.0 Å². The van der Waals surface area contributed by atoms with E-state index in [9.17, 15) is 18.0 Å². The van der Waals surface area contributed by atoms with E-state index in [1.54, 1.807) is 23.4 Å². The summed E-state index contributed by atoms with van der Waals surface area (Å²) in [6, 6.07) is 6.94. The Morgan fingerprint density at radius 1 is 0.968 bits per heavy atom. The molecule has 0 aliphatic carbocycles. The summed E-state index contributed by atoms with van der Waals surface area (Å²) < 4.78 is 32.4. The topological polar surface area (TPSA) is 84.0 Å². The van der Waals surface area contributed by atoms with E-state index in [0.29, 0.717) is 63.4 Å². The largest absolute Gasteiger partial charge is 0.466 e. The molecular weight excluding hydrogens is 416 g/mol. The molecular formula is C23H34N2O5S. The van der Waals surface area contributed by atoms with E-state index in [1.165, 1.54) is 0 Å². The molecule has 2 saturated heterocycles. The van der Waals surface area contributed by atoms with Crippen LogP contribution in [0.4, 0.5) is 0 Å². The van der Waals surface area contributed by atoms with Crippen LogP contribution < -0.4 is 0 Å². The van der Waals surface area contributed by atoms with Crippen LogP contribution in [-0.2, 0) is 30.8 Å². The number of hydrogen-bond donors (Lipinski definition) is 0. The summed E-state index contributed by atoms with van der Waals surface area (Å²) in [5, 5.41) is 0. The van der Waals surface area contributed by atoms with Gasteiger partial charge in [-0.05, 0) is 56.7 Å². The molecule has 3 rings (SSSR count). The van der Waals surface area contributed by atoms with Crippen LogP contribution >= 0.6 is 0 Å². The van der Waals surface area contributed by atoms with Crippen molar-refractivity contribution in [2.45, 2.75) is 63.2 Å². The zero-order chi connectivity index (χ0) is 22.3. The lowest BCUT2D eigenvalue weighted by Crippen LogP contribution is -2.40. The molecule has 0 N–H and O–H groups in total. The molecule has 0 saturated carbocycles. The monoisotopic (exact) mass is 450 g/mol. The van der Waals surface area contributed by atoms with Gasteiger partial charge in [0, 0.05) is 32.6 Å². The van der Waals surface area contributed by atoms with Crippen molar-refractivity contribution in [1.82, 2.24) is 9.21 Å². The molecule has 2 aliphatic rings. The highest BCUT2D eigenvalue weighted by atomic mass is 32.2. The van der Waals surface area contributed by atoms with Gasteiger partial charge in [0.2, 0.25) is 15.9 Å². The second-order valence-electron chi connectivity index (χ2n) is 8.37. The Labute approximate surface area is 185 Å². The minimum Gasteiger partial charge on any atom is -0.466 e. The number of amides is 1. The van der Waals surface area contributed by atoms with Crippen molar-refractivity contribution in [3.8, 4) is 0 Å². The van der Waals surface area contributed by atoms with E-state index in [-0.39, 0.29) is 17.8 Å². The third-order valence-electron chi connectivity index (χ3n) is 6.22. The smallest absolute Gasteiger partial charge is 0.309 e. The number of ether oxygens (including phenoxy) is 1. The zero-order valence-corrected chi connectivity index (χ0v) is 19.2. The predicted octanol–water partition coefficient (Wildman–Crippen LogP) is 2.99. The lowest BCUT2D eigenvalue weighted by atomic mass is 9.96. The Balaban J connectivity index is 1.49. The number of aryl methyl sites for hydroxylation is 1. The molecule has 0 spiro atoms. The summed E-state index contributed by atoms with van der Waals surface area (Å²) >= 11 is 0. The van der Waals surface area contributed by atoms with Gasteiger partial charge in [-0.15, -0.1) is 0 Å². The molecule has 0 atom stereocenters. The third-order valence-corrected chi connectivity index (χ3v) is 8.13. The third kappa shape index (κ3) is 6.29. The van der Waals surface area contributed by atoms with Gasteiger partial charge in [0.25, 0.3) is 0 Å². The number of rotatable bonds is 7. The molecule has 7 nitrogen and oxygen atoms in total. The van der Waals surface area contributed by atoms with Gasteiger partial charge in [0.05, 0.1) is 17.4 Å². The number of piperidine rings is 1. The molecule has 0 aromatic heterocycles. The van der Waals surface area contributed by atoms with Gasteiger partial charge in [-0.2, -0.15) is 4.31 Å². The molecule has 1 amide bonds. The molecule has 8 heteroatoms. The van der Waals surface area contributed by atoms with Gasteiger partial charge in [0.1, 0.15) is 0 Å². The molecule has 1 aromatic carbocycles. The first-order chi connectivity index (χ1) is 14.9. The Morgan fingerprint density at radius 3 is 2.16 bits per heavy atom. The van der Waals surface area contributed by atoms with Crippen LogP contribution in [0, 0.1) is 5.92 Å². The Hall–Kier alpha value is -1.93. The van der Waals surface area contributed by atoms with Crippen LogP contribution in [0.1, 0.15) is 57.4 Å². The van der Waals surface area contributed by atoms with Crippen LogP contribution in [0.25, 0.3) is 0 Å². The first-order valence-corrected chi connectivity index (χ1v) is 12.9. The highest BCUT2D eigenvalue weighted by Gasteiger charge is 2.28. The maximum atomic E-state index is 12.9. The summed E-state index contributed by atoms with van der Waals surface area (Å²) in [5.41, 5.74) is 0.949. The van der Waals surface area contributed by atoms with E-state index in [4.69, 9.17) is 4.74 Å². The van der Waals surface area contributed by atoms with Crippen LogP contribution in [0.3, 0.4) is 0 Å². The number of sulfonamides is 1. The lowest BCUT2D eigenvalue weighted by molar-refractivity contribution is -0.151. The number of esters is 1. The molecule has 0 bridgehead atoms. The van der Waals surface area contributed by atoms with Gasteiger partial charge in [-0.25, -0.2) is 8.42 Å². The van der Waals surface area contributed by atoms with Crippen LogP contribution in [0.5, 0.6) is 0 Å². The fourth-order valence-corrected chi connectivity index (χ4v) is 5.81. The van der Waals surface area contributed by atoms with E-state index in [0.717, 1.165) is 31.2 Å². The predicted molar refractivity (Wildman–Crippen MR) is 118 cm³/mol. The normalized spacial score (nSPS) is 19.1. The van der Waals surface area contributed by atoms with Crippen molar-refractivity contribution < 1.29 is 22.7 Å². The summed E-state index contributed by atoms with van der Waals surface area (Å²) in [7, 11) is -3.45. The Kier molecular flexibility index (Phi) is 8.49. The number of likely N-dealkylation sites (tertiary alicyclic amines) is 1. The fourth-order valence-electron chi connectivity index (χ4n) is 4.29. The summed E-state index contributed by atoms with van der Waals surface area (Å²) in [5.74, 6) is -0.198. The van der Waals surface area contributed by atoms with Gasteiger partial charge in [-0.3, -0.25) is 9.59 Å². The molecule has 172 valence electrons. The number of hydrogen-bond acceptors (Lipinski definition) is 5. The number of nitrogens with zero attached hydrogens (tertiary/aromatic N) is 2. The van der Waals surface area contributed by atoms with Crippen LogP contribution in [0.2, 0.25) is 0 Å². The van der Waals surface area contributed by atoms with Crippen LogP contribution in [-0.4, -0.2) is 62.3 Å². The first-order valence-electron chi connectivity index (χ1n) is 11.5. The fraction of sp³-hybridized carbons (Fsp3) is 0.652. The second kappa shape index (κ2) is 11.1. The van der Waals surface area contributed by atoms with E-state index in [2.05, 4.69) is 0 Å². The minimum atomic E-state index is -3.45.